The molecule has 86 valence electrons. The first-order valence-electron chi connectivity index (χ1n) is 5.54. The van der Waals surface area contributed by atoms with E-state index in [1.165, 1.54) is 11.3 Å². The molecule has 0 atom stereocenters. The number of rotatable bonds is 2. The Balaban J connectivity index is 2.86. The number of phenolic OH excluding ortho intramolecular Hbond substituents is 1. The normalized spacial score (nSPS) is 11.2. The van der Waals surface area contributed by atoms with Gasteiger partial charge < -0.3 is 15.4 Å². The Labute approximate surface area is 95.5 Å². The Morgan fingerprint density at radius 2 is 2.00 bits per heavy atom. The molecule has 1 aromatic carbocycles. The van der Waals surface area contributed by atoms with E-state index in [4.69, 9.17) is 5.73 Å². The maximum atomic E-state index is 10.1. The van der Waals surface area contributed by atoms with E-state index in [2.05, 4.69) is 17.6 Å². The van der Waals surface area contributed by atoms with Crippen LogP contribution in [0, 0.1) is 13.8 Å². The van der Waals surface area contributed by atoms with E-state index in [-0.39, 0.29) is 0 Å². The van der Waals surface area contributed by atoms with E-state index >= 15 is 0 Å². The van der Waals surface area contributed by atoms with Crippen molar-refractivity contribution in [1.29, 1.82) is 0 Å². The fraction of sp³-hybridized carbons (Fsp3) is 0.385. The molecule has 0 saturated carbocycles. The maximum absolute atomic E-state index is 10.1. The number of aryl methyl sites for hydroxylation is 2. The van der Waals surface area contributed by atoms with E-state index < -0.39 is 0 Å². The summed E-state index contributed by atoms with van der Waals surface area (Å²) in [6.45, 7) is 4.59. The van der Waals surface area contributed by atoms with Crippen LogP contribution >= 0.6 is 0 Å². The number of aromatic nitrogens is 1. The van der Waals surface area contributed by atoms with Crippen molar-refractivity contribution in [1.82, 2.24) is 4.57 Å². The van der Waals surface area contributed by atoms with Crippen LogP contribution in [0.15, 0.2) is 12.1 Å². The summed E-state index contributed by atoms with van der Waals surface area (Å²) in [5.74, 6) is 0.393. The predicted octanol–water partition coefficient (Wildman–Crippen LogP) is 2.00. The van der Waals surface area contributed by atoms with Crippen molar-refractivity contribution < 1.29 is 5.11 Å². The molecule has 2 aromatic rings. The standard InChI is InChI=1S/C13H18N2O/c1-8-4-5-11-12(13(8)16)10(6-7-14)9(2)15(11)3/h4-5,16H,6-7,14H2,1-3H3. The summed E-state index contributed by atoms with van der Waals surface area (Å²) in [6.07, 6.45) is 0.806. The van der Waals surface area contributed by atoms with Crippen LogP contribution in [0.3, 0.4) is 0 Å². The zero-order chi connectivity index (χ0) is 11.9. The van der Waals surface area contributed by atoms with E-state index in [1.807, 2.05) is 20.0 Å². The summed E-state index contributed by atoms with van der Waals surface area (Å²) in [6, 6.07) is 4.00. The summed E-state index contributed by atoms with van der Waals surface area (Å²) in [5.41, 5.74) is 9.96. The molecule has 0 aliphatic heterocycles. The summed E-state index contributed by atoms with van der Waals surface area (Å²) in [5, 5.41) is 11.1. The van der Waals surface area contributed by atoms with Crippen LogP contribution in [0.4, 0.5) is 0 Å². The van der Waals surface area contributed by atoms with Gasteiger partial charge in [0.15, 0.2) is 0 Å². The van der Waals surface area contributed by atoms with Crippen LogP contribution in [0.25, 0.3) is 10.9 Å². The number of hydrogen-bond acceptors (Lipinski definition) is 2. The van der Waals surface area contributed by atoms with Crippen LogP contribution in [0.1, 0.15) is 16.8 Å². The number of fused-ring (bicyclic) bond motifs is 1. The van der Waals surface area contributed by atoms with Crippen molar-refractivity contribution in [2.45, 2.75) is 20.3 Å². The second-order valence-corrected chi connectivity index (χ2v) is 4.29. The topological polar surface area (TPSA) is 51.2 Å². The summed E-state index contributed by atoms with van der Waals surface area (Å²) < 4.78 is 2.11. The van der Waals surface area contributed by atoms with Crippen molar-refractivity contribution in [3.8, 4) is 5.75 Å². The molecule has 0 aliphatic rings. The molecule has 1 aromatic heterocycles. The third kappa shape index (κ3) is 1.39. The Morgan fingerprint density at radius 1 is 1.31 bits per heavy atom. The number of benzene rings is 1. The first kappa shape index (κ1) is 11.0. The average Bonchev–Trinajstić information content (AvgIpc) is 2.50. The van der Waals surface area contributed by atoms with Crippen molar-refractivity contribution >= 4 is 10.9 Å². The van der Waals surface area contributed by atoms with Gasteiger partial charge in [-0.1, -0.05) is 6.07 Å². The third-order valence-corrected chi connectivity index (χ3v) is 3.35. The third-order valence-electron chi connectivity index (χ3n) is 3.35. The molecule has 0 bridgehead atoms. The maximum Gasteiger partial charge on any atom is 0.128 e. The largest absolute Gasteiger partial charge is 0.507 e. The highest BCUT2D eigenvalue weighted by atomic mass is 16.3. The summed E-state index contributed by atoms with van der Waals surface area (Å²) in [4.78, 5) is 0. The lowest BCUT2D eigenvalue weighted by molar-refractivity contribution is 0.477. The molecule has 1 heterocycles. The molecule has 0 aliphatic carbocycles. The molecule has 16 heavy (non-hydrogen) atoms. The fourth-order valence-corrected chi connectivity index (χ4v) is 2.28. The van der Waals surface area contributed by atoms with Crippen LogP contribution in [0.2, 0.25) is 0 Å². The van der Waals surface area contributed by atoms with E-state index in [1.54, 1.807) is 0 Å². The van der Waals surface area contributed by atoms with Gasteiger partial charge in [-0.25, -0.2) is 0 Å². The monoisotopic (exact) mass is 218 g/mol. The van der Waals surface area contributed by atoms with Crippen molar-refractivity contribution in [2.75, 3.05) is 6.54 Å². The van der Waals surface area contributed by atoms with E-state index in [0.717, 1.165) is 22.9 Å². The molecular formula is C13H18N2O. The minimum absolute atomic E-state index is 0.393. The molecule has 0 fully saturated rings. The number of aromatic hydroxyl groups is 1. The molecule has 0 amide bonds. The number of nitrogens with zero attached hydrogens (tertiary/aromatic N) is 1. The number of phenols is 1. The lowest BCUT2D eigenvalue weighted by Gasteiger charge is -2.03. The van der Waals surface area contributed by atoms with Gasteiger partial charge in [-0.05, 0) is 44.0 Å². The van der Waals surface area contributed by atoms with Crippen molar-refractivity contribution in [3.05, 3.63) is 29.0 Å². The van der Waals surface area contributed by atoms with Crippen LogP contribution in [-0.4, -0.2) is 16.2 Å². The van der Waals surface area contributed by atoms with Gasteiger partial charge >= 0.3 is 0 Å². The van der Waals surface area contributed by atoms with Gasteiger partial charge in [0.1, 0.15) is 5.75 Å². The lowest BCUT2D eigenvalue weighted by atomic mass is 10.0. The van der Waals surface area contributed by atoms with Gasteiger partial charge in [0.25, 0.3) is 0 Å². The molecule has 0 saturated heterocycles. The highest BCUT2D eigenvalue weighted by Crippen LogP contribution is 2.34. The molecule has 0 radical (unpaired) electrons. The lowest BCUT2D eigenvalue weighted by Crippen LogP contribution is -2.04. The van der Waals surface area contributed by atoms with Gasteiger partial charge in [0.2, 0.25) is 0 Å². The minimum Gasteiger partial charge on any atom is -0.507 e. The summed E-state index contributed by atoms with van der Waals surface area (Å²) in [7, 11) is 2.02. The van der Waals surface area contributed by atoms with E-state index in [9.17, 15) is 5.11 Å². The SMILES string of the molecule is Cc1ccc2c(c1O)c(CCN)c(C)n2C. The van der Waals surface area contributed by atoms with Gasteiger partial charge in [-0.3, -0.25) is 0 Å². The number of nitrogens with two attached hydrogens (primary N) is 1. The van der Waals surface area contributed by atoms with Gasteiger partial charge in [-0.15, -0.1) is 0 Å². The first-order valence-corrected chi connectivity index (χ1v) is 5.54. The predicted molar refractivity (Wildman–Crippen MR) is 66.8 cm³/mol. The van der Waals surface area contributed by atoms with Crippen LogP contribution in [-0.2, 0) is 13.5 Å². The Morgan fingerprint density at radius 3 is 2.62 bits per heavy atom. The fourth-order valence-electron chi connectivity index (χ4n) is 2.28. The first-order chi connectivity index (χ1) is 7.57. The Kier molecular flexibility index (Phi) is 2.64. The zero-order valence-corrected chi connectivity index (χ0v) is 10.0. The molecular weight excluding hydrogens is 200 g/mol. The Bertz CT molecular complexity index is 541. The second-order valence-electron chi connectivity index (χ2n) is 4.29. The van der Waals surface area contributed by atoms with Crippen LogP contribution in [0.5, 0.6) is 5.75 Å². The Hall–Kier alpha value is -1.48. The molecule has 3 N–H and O–H groups in total. The van der Waals surface area contributed by atoms with Gasteiger partial charge in [-0.2, -0.15) is 0 Å². The molecule has 2 rings (SSSR count). The second kappa shape index (κ2) is 3.83. The van der Waals surface area contributed by atoms with Gasteiger partial charge in [0, 0.05) is 18.1 Å². The van der Waals surface area contributed by atoms with Crippen molar-refractivity contribution in [3.63, 3.8) is 0 Å². The van der Waals surface area contributed by atoms with Crippen LogP contribution < -0.4 is 5.73 Å². The molecule has 0 unspecified atom stereocenters. The zero-order valence-electron chi connectivity index (χ0n) is 10.0. The van der Waals surface area contributed by atoms with Crippen molar-refractivity contribution in [2.24, 2.45) is 12.8 Å². The quantitative estimate of drug-likeness (QED) is 0.810. The summed E-state index contributed by atoms with van der Waals surface area (Å²) >= 11 is 0. The highest BCUT2D eigenvalue weighted by Gasteiger charge is 2.15. The van der Waals surface area contributed by atoms with Gasteiger partial charge in [0.05, 0.1) is 5.52 Å². The molecule has 0 spiro atoms. The molecule has 3 nitrogen and oxygen atoms in total. The number of hydrogen-bond donors (Lipinski definition) is 2. The smallest absolute Gasteiger partial charge is 0.128 e. The molecule has 3 heteroatoms. The minimum atomic E-state index is 0.393. The average molecular weight is 218 g/mol. The van der Waals surface area contributed by atoms with E-state index in [0.29, 0.717) is 12.3 Å². The highest BCUT2D eigenvalue weighted by molar-refractivity contribution is 5.92.